The average molecular weight is 481 g/mol. The Morgan fingerprint density at radius 3 is 2.68 bits per heavy atom. The summed E-state index contributed by atoms with van der Waals surface area (Å²) in [6.07, 6.45) is 1.49. The Morgan fingerprint density at radius 1 is 1.18 bits per heavy atom. The number of hydrogen-bond donors (Lipinski definition) is 1. The van der Waals surface area contributed by atoms with Gasteiger partial charge >= 0.3 is 0 Å². The van der Waals surface area contributed by atoms with Crippen LogP contribution in [0.3, 0.4) is 0 Å². The molecule has 4 aliphatic rings. The van der Waals surface area contributed by atoms with E-state index in [-0.39, 0.29) is 28.9 Å². The van der Waals surface area contributed by atoms with Crippen molar-refractivity contribution in [1.29, 1.82) is 0 Å². The number of nitro benzene ring substituents is 1. The van der Waals surface area contributed by atoms with Gasteiger partial charge in [-0.1, -0.05) is 23.7 Å². The lowest BCUT2D eigenvalue weighted by Gasteiger charge is -2.37. The molecule has 9 nitrogen and oxygen atoms in total. The number of benzene rings is 2. The molecule has 4 heterocycles. The molecule has 1 N–H and O–H groups in total. The minimum atomic E-state index is -1.34. The standard InChI is InChI=1S/C24H21ClN4O5/c1-11-9-13-20(14(25)10-11)26-23(32)24(13)19-18(17-7-4-8-27(17)24)21(30)28(22(19)31)15-5-3-6-16(12(15)2)29(33)34/h3,5-6,9-10,17-19H,4,7-8H2,1-2H3,(H,26,32)/t17-,18-,19-,24+/m1/s1. The number of nitrogens with one attached hydrogen (secondary N) is 1. The number of nitro groups is 1. The van der Waals surface area contributed by atoms with Crippen molar-refractivity contribution in [3.63, 3.8) is 0 Å². The van der Waals surface area contributed by atoms with E-state index in [9.17, 15) is 24.5 Å². The Balaban J connectivity index is 1.57. The molecule has 6 rings (SSSR count). The Bertz CT molecular complexity index is 1340. The molecule has 0 aliphatic carbocycles. The van der Waals surface area contributed by atoms with Crippen LogP contribution in [-0.4, -0.2) is 40.1 Å². The molecule has 0 unspecified atom stereocenters. The van der Waals surface area contributed by atoms with Gasteiger partial charge in [0, 0.05) is 17.7 Å². The van der Waals surface area contributed by atoms with E-state index in [2.05, 4.69) is 5.32 Å². The molecule has 2 aromatic rings. The molecule has 3 fully saturated rings. The third kappa shape index (κ3) is 2.35. The summed E-state index contributed by atoms with van der Waals surface area (Å²) in [5.74, 6) is -2.93. The summed E-state index contributed by atoms with van der Waals surface area (Å²) in [4.78, 5) is 55.6. The summed E-state index contributed by atoms with van der Waals surface area (Å²) in [5.41, 5.74) is 0.878. The van der Waals surface area contributed by atoms with Crippen molar-refractivity contribution in [2.45, 2.75) is 38.3 Å². The fourth-order valence-corrected chi connectivity index (χ4v) is 7.01. The number of halogens is 1. The van der Waals surface area contributed by atoms with Crippen LogP contribution >= 0.6 is 11.6 Å². The van der Waals surface area contributed by atoms with Gasteiger partial charge in [0.2, 0.25) is 11.8 Å². The maximum Gasteiger partial charge on any atom is 0.274 e. The van der Waals surface area contributed by atoms with Crippen molar-refractivity contribution >= 4 is 46.4 Å². The van der Waals surface area contributed by atoms with Crippen LogP contribution in [0.4, 0.5) is 17.1 Å². The van der Waals surface area contributed by atoms with Gasteiger partial charge in [-0.05, 0) is 50.9 Å². The van der Waals surface area contributed by atoms with Gasteiger partial charge < -0.3 is 5.32 Å². The van der Waals surface area contributed by atoms with Crippen LogP contribution in [-0.2, 0) is 19.9 Å². The molecule has 3 saturated heterocycles. The second-order valence-electron chi connectivity index (χ2n) is 9.49. The van der Waals surface area contributed by atoms with Crippen molar-refractivity contribution in [2.24, 2.45) is 11.8 Å². The van der Waals surface area contributed by atoms with E-state index in [0.717, 1.165) is 16.9 Å². The summed E-state index contributed by atoms with van der Waals surface area (Å²) >= 11 is 6.49. The van der Waals surface area contributed by atoms with Crippen LogP contribution < -0.4 is 10.2 Å². The summed E-state index contributed by atoms with van der Waals surface area (Å²) < 4.78 is 0. The second-order valence-corrected chi connectivity index (χ2v) is 9.89. The number of aryl methyl sites for hydroxylation is 1. The van der Waals surface area contributed by atoms with E-state index >= 15 is 0 Å². The minimum Gasteiger partial charge on any atom is -0.323 e. The van der Waals surface area contributed by atoms with E-state index < -0.39 is 34.1 Å². The van der Waals surface area contributed by atoms with Gasteiger partial charge in [-0.3, -0.25) is 29.4 Å². The van der Waals surface area contributed by atoms with Gasteiger partial charge in [-0.2, -0.15) is 0 Å². The molecule has 0 radical (unpaired) electrons. The number of rotatable bonds is 2. The lowest BCUT2D eigenvalue weighted by Crippen LogP contribution is -2.54. The first-order chi connectivity index (χ1) is 16.2. The minimum absolute atomic E-state index is 0.168. The van der Waals surface area contributed by atoms with E-state index in [1.165, 1.54) is 19.1 Å². The number of fused-ring (bicyclic) bond motifs is 7. The highest BCUT2D eigenvalue weighted by molar-refractivity contribution is 6.35. The topological polar surface area (TPSA) is 113 Å². The van der Waals surface area contributed by atoms with Crippen molar-refractivity contribution < 1.29 is 19.3 Å². The fraction of sp³-hybridized carbons (Fsp3) is 0.375. The molecule has 3 amide bonds. The Hall–Kier alpha value is -3.30. The molecule has 0 saturated carbocycles. The summed E-state index contributed by atoms with van der Waals surface area (Å²) in [7, 11) is 0. The largest absolute Gasteiger partial charge is 0.323 e. The number of nitrogens with zero attached hydrogens (tertiary/aromatic N) is 3. The molecule has 34 heavy (non-hydrogen) atoms. The highest BCUT2D eigenvalue weighted by atomic mass is 35.5. The molecular weight excluding hydrogens is 460 g/mol. The molecular formula is C24H21ClN4O5. The smallest absolute Gasteiger partial charge is 0.274 e. The maximum atomic E-state index is 14.0. The summed E-state index contributed by atoms with van der Waals surface area (Å²) in [6, 6.07) is 7.71. The highest BCUT2D eigenvalue weighted by Gasteiger charge is 2.75. The van der Waals surface area contributed by atoms with E-state index in [1.54, 1.807) is 12.1 Å². The van der Waals surface area contributed by atoms with Crippen molar-refractivity contribution in [2.75, 3.05) is 16.8 Å². The van der Waals surface area contributed by atoms with Gasteiger partial charge in [0.05, 0.1) is 38.7 Å². The number of carbonyl (C=O) groups excluding carboxylic acids is 3. The van der Waals surface area contributed by atoms with Crippen molar-refractivity contribution in [3.8, 4) is 0 Å². The first kappa shape index (κ1) is 21.2. The zero-order chi connectivity index (χ0) is 24.1. The monoisotopic (exact) mass is 480 g/mol. The number of hydrogen-bond acceptors (Lipinski definition) is 6. The van der Waals surface area contributed by atoms with E-state index in [0.29, 0.717) is 29.2 Å². The molecule has 10 heteroatoms. The van der Waals surface area contributed by atoms with Gasteiger partial charge in [-0.15, -0.1) is 0 Å². The lowest BCUT2D eigenvalue weighted by atomic mass is 9.75. The van der Waals surface area contributed by atoms with Crippen LogP contribution in [0.25, 0.3) is 0 Å². The first-order valence-corrected chi connectivity index (χ1v) is 11.6. The maximum absolute atomic E-state index is 14.0. The van der Waals surface area contributed by atoms with Crippen LogP contribution in [0, 0.1) is 35.8 Å². The third-order valence-corrected chi connectivity index (χ3v) is 8.21. The van der Waals surface area contributed by atoms with E-state index in [4.69, 9.17) is 11.6 Å². The molecule has 0 bridgehead atoms. The van der Waals surface area contributed by atoms with Gasteiger partial charge in [-0.25, -0.2) is 4.90 Å². The number of amides is 3. The number of carbonyl (C=O) groups is 3. The zero-order valence-electron chi connectivity index (χ0n) is 18.5. The average Bonchev–Trinajstić information content (AvgIpc) is 3.48. The van der Waals surface area contributed by atoms with Crippen LogP contribution in [0.1, 0.15) is 29.5 Å². The Kier molecular flexibility index (Phi) is 4.29. The lowest BCUT2D eigenvalue weighted by molar-refractivity contribution is -0.385. The first-order valence-electron chi connectivity index (χ1n) is 11.2. The SMILES string of the molecule is Cc1cc(Cl)c2c(c1)[C@@]1(C(=O)N2)[C@H]2C(=O)N(c3cccc([N+](=O)[O-])c3C)C(=O)[C@@H]2[C@H]2CCCN21. The predicted molar refractivity (Wildman–Crippen MR) is 124 cm³/mol. The molecule has 1 spiro atoms. The van der Waals surface area contributed by atoms with E-state index in [1.807, 2.05) is 17.9 Å². The third-order valence-electron chi connectivity index (χ3n) is 7.91. The quantitative estimate of drug-likeness (QED) is 0.401. The molecule has 174 valence electrons. The normalized spacial score (nSPS) is 29.6. The molecule has 4 atom stereocenters. The molecule has 4 aliphatic heterocycles. The van der Waals surface area contributed by atoms with Crippen LogP contribution in [0.15, 0.2) is 30.3 Å². The van der Waals surface area contributed by atoms with Crippen LogP contribution in [0.2, 0.25) is 5.02 Å². The van der Waals surface area contributed by atoms with Crippen molar-refractivity contribution in [3.05, 3.63) is 62.2 Å². The van der Waals surface area contributed by atoms with Crippen LogP contribution in [0.5, 0.6) is 0 Å². The second kappa shape index (κ2) is 6.86. The molecule has 2 aromatic carbocycles. The van der Waals surface area contributed by atoms with Crippen molar-refractivity contribution in [1.82, 2.24) is 4.90 Å². The highest BCUT2D eigenvalue weighted by Crippen LogP contribution is 2.61. The molecule has 0 aromatic heterocycles. The Labute approximate surface area is 199 Å². The predicted octanol–water partition coefficient (Wildman–Crippen LogP) is 3.30. The summed E-state index contributed by atoms with van der Waals surface area (Å²) in [5, 5.41) is 14.8. The number of imide groups is 1. The van der Waals surface area contributed by atoms with Gasteiger partial charge in [0.1, 0.15) is 5.54 Å². The number of anilines is 2. The fourth-order valence-electron chi connectivity index (χ4n) is 6.68. The summed E-state index contributed by atoms with van der Waals surface area (Å²) in [6.45, 7) is 3.99. The zero-order valence-corrected chi connectivity index (χ0v) is 19.3. The van der Waals surface area contributed by atoms with Gasteiger partial charge in [0.25, 0.3) is 11.6 Å². The Morgan fingerprint density at radius 2 is 1.94 bits per heavy atom. The van der Waals surface area contributed by atoms with Gasteiger partial charge in [0.15, 0.2) is 0 Å².